The Balaban J connectivity index is 1.75. The summed E-state index contributed by atoms with van der Waals surface area (Å²) in [6, 6.07) is 21.0. The molecule has 114 valence electrons. The van der Waals surface area contributed by atoms with E-state index < -0.39 is 0 Å². The highest BCUT2D eigenvalue weighted by molar-refractivity contribution is 6.08. The molecule has 0 N–H and O–H groups in total. The third-order valence-electron chi connectivity index (χ3n) is 3.69. The molecule has 0 aliphatic carbocycles. The summed E-state index contributed by atoms with van der Waals surface area (Å²) in [4.78, 5) is 12.4. The second kappa shape index (κ2) is 6.88. The molecule has 3 aromatic rings. The number of aromatic nitrogens is 1. The van der Waals surface area contributed by atoms with Gasteiger partial charge in [0.1, 0.15) is 5.75 Å². The number of methoxy groups -OCH3 is 1. The maximum atomic E-state index is 12.4. The molecule has 1 heterocycles. The van der Waals surface area contributed by atoms with Crippen LogP contribution in [0.3, 0.4) is 0 Å². The molecule has 3 heteroatoms. The minimum atomic E-state index is 0.0409. The number of hydrogen-bond acceptors (Lipinski definition) is 2. The number of benzene rings is 2. The van der Waals surface area contributed by atoms with E-state index in [4.69, 9.17) is 4.74 Å². The van der Waals surface area contributed by atoms with Crippen molar-refractivity contribution in [3.63, 3.8) is 0 Å². The Hall–Kier alpha value is -2.94. The van der Waals surface area contributed by atoms with Gasteiger partial charge in [0.25, 0.3) is 0 Å². The maximum absolute atomic E-state index is 12.4. The highest BCUT2D eigenvalue weighted by atomic mass is 16.5. The van der Waals surface area contributed by atoms with Crippen LogP contribution in [0.1, 0.15) is 21.5 Å². The third-order valence-corrected chi connectivity index (χ3v) is 3.69. The summed E-state index contributed by atoms with van der Waals surface area (Å²) in [5, 5.41) is 0. The largest absolute Gasteiger partial charge is 0.497 e. The van der Waals surface area contributed by atoms with Crippen molar-refractivity contribution in [3.8, 4) is 5.75 Å². The standard InChI is InChI=1S/C20H18NO2/c1-23-19-9-5-6-16(14-19)15-21-12-10-18(11-13-21)20(22)17-7-3-2-4-8-17/h2-14H,15H2,1H3/q+1. The van der Waals surface area contributed by atoms with Gasteiger partial charge in [0.2, 0.25) is 0 Å². The van der Waals surface area contributed by atoms with Crippen molar-refractivity contribution < 1.29 is 14.1 Å². The second-order valence-electron chi connectivity index (χ2n) is 5.31. The number of ketones is 1. The fraction of sp³-hybridized carbons (Fsp3) is 0.100. The van der Waals surface area contributed by atoms with Crippen LogP contribution in [0.5, 0.6) is 5.75 Å². The van der Waals surface area contributed by atoms with Crippen LogP contribution in [0.25, 0.3) is 0 Å². The van der Waals surface area contributed by atoms with E-state index >= 15 is 0 Å². The zero-order chi connectivity index (χ0) is 16.1. The molecule has 0 saturated heterocycles. The first-order valence-electron chi connectivity index (χ1n) is 7.48. The predicted octanol–water partition coefficient (Wildman–Crippen LogP) is 3.26. The molecule has 0 saturated carbocycles. The van der Waals surface area contributed by atoms with Gasteiger partial charge in [-0.1, -0.05) is 42.5 Å². The lowest BCUT2D eigenvalue weighted by atomic mass is 10.0. The lowest BCUT2D eigenvalue weighted by Crippen LogP contribution is -2.33. The number of pyridine rings is 1. The lowest BCUT2D eigenvalue weighted by Gasteiger charge is -2.03. The van der Waals surface area contributed by atoms with E-state index in [9.17, 15) is 4.79 Å². The van der Waals surface area contributed by atoms with Gasteiger partial charge in [-0.05, 0) is 12.1 Å². The van der Waals surface area contributed by atoms with Crippen LogP contribution in [0.4, 0.5) is 0 Å². The fourth-order valence-electron chi connectivity index (χ4n) is 2.45. The molecule has 1 aromatic heterocycles. The molecule has 0 fully saturated rings. The van der Waals surface area contributed by atoms with Crippen LogP contribution >= 0.6 is 0 Å². The van der Waals surface area contributed by atoms with Gasteiger partial charge in [-0.15, -0.1) is 0 Å². The Kier molecular flexibility index (Phi) is 4.48. The molecule has 0 aliphatic rings. The van der Waals surface area contributed by atoms with Gasteiger partial charge >= 0.3 is 0 Å². The molecule has 3 nitrogen and oxygen atoms in total. The minimum absolute atomic E-state index is 0.0409. The van der Waals surface area contributed by atoms with Gasteiger partial charge < -0.3 is 4.74 Å². The quantitative estimate of drug-likeness (QED) is 0.535. The number of carbonyl (C=O) groups is 1. The van der Waals surface area contributed by atoms with Crippen molar-refractivity contribution in [2.75, 3.05) is 7.11 Å². The molecular formula is C20H18NO2+. The number of ether oxygens (including phenoxy) is 1. The summed E-state index contributed by atoms with van der Waals surface area (Å²) in [5.74, 6) is 0.887. The average Bonchev–Trinajstić information content (AvgIpc) is 2.63. The van der Waals surface area contributed by atoms with E-state index in [1.165, 1.54) is 0 Å². The second-order valence-corrected chi connectivity index (χ2v) is 5.31. The van der Waals surface area contributed by atoms with Gasteiger partial charge in [-0.25, -0.2) is 4.57 Å². The van der Waals surface area contributed by atoms with Crippen LogP contribution < -0.4 is 9.30 Å². The van der Waals surface area contributed by atoms with E-state index in [0.29, 0.717) is 11.1 Å². The normalized spacial score (nSPS) is 10.3. The van der Waals surface area contributed by atoms with Crippen molar-refractivity contribution in [2.24, 2.45) is 0 Å². The molecule has 0 radical (unpaired) electrons. The maximum Gasteiger partial charge on any atom is 0.193 e. The van der Waals surface area contributed by atoms with Gasteiger partial charge in [0.05, 0.1) is 7.11 Å². The molecule has 0 aliphatic heterocycles. The molecule has 3 rings (SSSR count). The van der Waals surface area contributed by atoms with Crippen LogP contribution in [0.15, 0.2) is 79.1 Å². The zero-order valence-corrected chi connectivity index (χ0v) is 13.0. The van der Waals surface area contributed by atoms with Gasteiger partial charge in [0, 0.05) is 28.8 Å². The summed E-state index contributed by atoms with van der Waals surface area (Å²) in [5.41, 5.74) is 2.55. The Morgan fingerprint density at radius 2 is 1.61 bits per heavy atom. The lowest BCUT2D eigenvalue weighted by molar-refractivity contribution is -0.688. The van der Waals surface area contributed by atoms with Crippen molar-refractivity contribution in [1.82, 2.24) is 0 Å². The Morgan fingerprint density at radius 3 is 2.30 bits per heavy atom. The molecular weight excluding hydrogens is 286 g/mol. The summed E-state index contributed by atoms with van der Waals surface area (Å²) in [6.45, 7) is 0.733. The minimum Gasteiger partial charge on any atom is -0.497 e. The Labute approximate surface area is 135 Å². The van der Waals surface area contributed by atoms with Crippen LogP contribution in [0.2, 0.25) is 0 Å². The van der Waals surface area contributed by atoms with Gasteiger partial charge in [-0.3, -0.25) is 4.79 Å². The molecule has 0 unspecified atom stereocenters. The molecule has 0 amide bonds. The Morgan fingerprint density at radius 1 is 0.913 bits per heavy atom. The summed E-state index contributed by atoms with van der Waals surface area (Å²) in [7, 11) is 1.66. The molecule has 0 bridgehead atoms. The van der Waals surface area contributed by atoms with E-state index in [1.807, 2.05) is 77.6 Å². The first-order valence-corrected chi connectivity index (χ1v) is 7.48. The van der Waals surface area contributed by atoms with Crippen molar-refractivity contribution in [2.45, 2.75) is 6.54 Å². The first kappa shape index (κ1) is 15.0. The number of nitrogens with zero attached hydrogens (tertiary/aromatic N) is 1. The van der Waals surface area contributed by atoms with Crippen LogP contribution in [0, 0.1) is 0 Å². The summed E-state index contributed by atoms with van der Waals surface area (Å²) >= 11 is 0. The molecule has 0 spiro atoms. The molecule has 23 heavy (non-hydrogen) atoms. The summed E-state index contributed by atoms with van der Waals surface area (Å²) < 4.78 is 7.28. The average molecular weight is 304 g/mol. The number of carbonyl (C=O) groups excluding carboxylic acids is 1. The predicted molar refractivity (Wildman–Crippen MR) is 88.6 cm³/mol. The molecule has 0 atom stereocenters. The highest BCUT2D eigenvalue weighted by Gasteiger charge is 2.11. The van der Waals surface area contributed by atoms with Crippen LogP contribution in [-0.4, -0.2) is 12.9 Å². The van der Waals surface area contributed by atoms with E-state index in [2.05, 4.69) is 6.07 Å². The van der Waals surface area contributed by atoms with E-state index in [1.54, 1.807) is 7.11 Å². The van der Waals surface area contributed by atoms with Gasteiger partial charge in [0.15, 0.2) is 24.7 Å². The van der Waals surface area contributed by atoms with E-state index in [-0.39, 0.29) is 5.78 Å². The van der Waals surface area contributed by atoms with Crippen molar-refractivity contribution in [1.29, 1.82) is 0 Å². The fourth-order valence-corrected chi connectivity index (χ4v) is 2.45. The smallest absolute Gasteiger partial charge is 0.193 e. The summed E-state index contributed by atoms with van der Waals surface area (Å²) in [6.07, 6.45) is 3.85. The third kappa shape index (κ3) is 3.64. The topological polar surface area (TPSA) is 30.2 Å². The SMILES string of the molecule is COc1cccc(C[n+]2ccc(C(=O)c3ccccc3)cc2)c1. The van der Waals surface area contributed by atoms with Crippen LogP contribution in [-0.2, 0) is 6.54 Å². The van der Waals surface area contributed by atoms with E-state index in [0.717, 1.165) is 17.9 Å². The van der Waals surface area contributed by atoms with Crippen molar-refractivity contribution >= 4 is 5.78 Å². The van der Waals surface area contributed by atoms with Crippen molar-refractivity contribution in [3.05, 3.63) is 95.8 Å². The first-order chi connectivity index (χ1) is 11.3. The Bertz CT molecular complexity index is 795. The zero-order valence-electron chi connectivity index (χ0n) is 13.0. The number of hydrogen-bond donors (Lipinski definition) is 0. The van der Waals surface area contributed by atoms with Gasteiger partial charge in [-0.2, -0.15) is 0 Å². The highest BCUT2D eigenvalue weighted by Crippen LogP contribution is 2.12. The molecule has 2 aromatic carbocycles. The monoisotopic (exact) mass is 304 g/mol. The number of rotatable bonds is 5.